The molecule has 0 saturated heterocycles. The summed E-state index contributed by atoms with van der Waals surface area (Å²) in [5, 5.41) is 6.08. The predicted octanol–water partition coefficient (Wildman–Crippen LogP) is 5.07. The van der Waals surface area contributed by atoms with E-state index in [0.717, 1.165) is 10.6 Å². The molecule has 0 aliphatic heterocycles. The van der Waals surface area contributed by atoms with Gasteiger partial charge in [0.05, 0.1) is 16.0 Å². The lowest BCUT2D eigenvalue weighted by Gasteiger charge is -2.13. The Hall–Kier alpha value is -1.69. The lowest BCUT2D eigenvalue weighted by molar-refractivity contribution is -0.115. The van der Waals surface area contributed by atoms with Gasteiger partial charge in [-0.25, -0.2) is 0 Å². The maximum Gasteiger partial charge on any atom is 0.237 e. The van der Waals surface area contributed by atoms with Crippen LogP contribution in [0.3, 0.4) is 0 Å². The van der Waals surface area contributed by atoms with Gasteiger partial charge in [0.1, 0.15) is 0 Å². The van der Waals surface area contributed by atoms with Crippen LogP contribution in [0.1, 0.15) is 13.8 Å². The first-order chi connectivity index (χ1) is 11.3. The number of hydrogen-bond acceptors (Lipinski definition) is 3. The summed E-state index contributed by atoms with van der Waals surface area (Å²) >= 11 is 13.4. The van der Waals surface area contributed by atoms with Gasteiger partial charge in [-0.15, -0.1) is 11.8 Å². The van der Waals surface area contributed by atoms with Crippen molar-refractivity contribution in [2.45, 2.75) is 24.0 Å². The van der Waals surface area contributed by atoms with Crippen LogP contribution in [0, 0.1) is 0 Å². The van der Waals surface area contributed by atoms with E-state index >= 15 is 0 Å². The summed E-state index contributed by atoms with van der Waals surface area (Å²) in [7, 11) is 0. The number of hydrogen-bond donors (Lipinski definition) is 2. The van der Waals surface area contributed by atoms with Gasteiger partial charge in [0.2, 0.25) is 11.8 Å². The number of nitrogens with one attached hydrogen (secondary N) is 2. The largest absolute Gasteiger partial charge is 0.326 e. The first-order valence-corrected chi connectivity index (χ1v) is 8.79. The van der Waals surface area contributed by atoms with Crippen LogP contribution in [0.15, 0.2) is 47.4 Å². The molecule has 0 radical (unpaired) electrons. The zero-order chi connectivity index (χ0) is 17.7. The molecule has 0 aliphatic carbocycles. The Balaban J connectivity index is 1.98. The Morgan fingerprint density at radius 1 is 1.04 bits per heavy atom. The van der Waals surface area contributed by atoms with E-state index in [1.165, 1.54) is 18.7 Å². The third-order valence-corrected chi connectivity index (χ3v) is 4.72. The van der Waals surface area contributed by atoms with Crippen LogP contribution in [-0.2, 0) is 9.59 Å². The Morgan fingerprint density at radius 3 is 2.33 bits per heavy atom. The van der Waals surface area contributed by atoms with Crippen LogP contribution < -0.4 is 10.6 Å². The second-order valence-electron chi connectivity index (χ2n) is 5.08. The fourth-order valence-electron chi connectivity index (χ4n) is 1.91. The van der Waals surface area contributed by atoms with Crippen molar-refractivity contribution in [1.82, 2.24) is 0 Å². The number of carbonyl (C=O) groups is 2. The lowest BCUT2D eigenvalue weighted by Crippen LogP contribution is -2.22. The van der Waals surface area contributed by atoms with E-state index in [4.69, 9.17) is 23.2 Å². The molecule has 1 atom stereocenters. The number of amides is 2. The molecule has 0 unspecified atom stereocenters. The van der Waals surface area contributed by atoms with Crippen molar-refractivity contribution in [3.63, 3.8) is 0 Å². The van der Waals surface area contributed by atoms with Gasteiger partial charge in [-0.05, 0) is 49.4 Å². The first kappa shape index (κ1) is 18.6. The van der Waals surface area contributed by atoms with E-state index < -0.39 is 0 Å². The molecule has 0 saturated carbocycles. The van der Waals surface area contributed by atoms with Crippen molar-refractivity contribution in [3.05, 3.63) is 52.5 Å². The second-order valence-corrected chi connectivity index (χ2v) is 7.34. The zero-order valence-electron chi connectivity index (χ0n) is 13.1. The van der Waals surface area contributed by atoms with E-state index in [1.54, 1.807) is 37.3 Å². The minimum absolute atomic E-state index is 0.124. The summed E-state index contributed by atoms with van der Waals surface area (Å²) in [6.45, 7) is 3.26. The average Bonchev–Trinajstić information content (AvgIpc) is 2.52. The molecule has 4 nitrogen and oxygen atoms in total. The molecular weight excluding hydrogens is 367 g/mol. The van der Waals surface area contributed by atoms with Crippen LogP contribution in [0.25, 0.3) is 0 Å². The van der Waals surface area contributed by atoms with Gasteiger partial charge in [-0.1, -0.05) is 23.2 Å². The molecule has 2 aromatic rings. The molecule has 24 heavy (non-hydrogen) atoms. The minimum Gasteiger partial charge on any atom is -0.326 e. The van der Waals surface area contributed by atoms with Crippen LogP contribution in [0.2, 0.25) is 10.0 Å². The quantitative estimate of drug-likeness (QED) is 0.709. The van der Waals surface area contributed by atoms with Crippen molar-refractivity contribution in [2.24, 2.45) is 0 Å². The third kappa shape index (κ3) is 5.44. The smallest absolute Gasteiger partial charge is 0.237 e. The van der Waals surface area contributed by atoms with E-state index in [9.17, 15) is 9.59 Å². The van der Waals surface area contributed by atoms with E-state index in [1.807, 2.05) is 12.1 Å². The zero-order valence-corrected chi connectivity index (χ0v) is 15.4. The third-order valence-electron chi connectivity index (χ3n) is 3.04. The van der Waals surface area contributed by atoms with Crippen LogP contribution in [0.5, 0.6) is 0 Å². The average molecular weight is 383 g/mol. The number of carbonyl (C=O) groups excluding carboxylic acids is 2. The van der Waals surface area contributed by atoms with Gasteiger partial charge in [0.25, 0.3) is 0 Å². The molecule has 2 aromatic carbocycles. The van der Waals surface area contributed by atoms with Gasteiger partial charge in [0, 0.05) is 22.5 Å². The molecule has 0 spiro atoms. The Kier molecular flexibility index (Phi) is 6.54. The predicted molar refractivity (Wildman–Crippen MR) is 101 cm³/mol. The van der Waals surface area contributed by atoms with Crippen LogP contribution in [-0.4, -0.2) is 17.1 Å². The molecule has 0 heterocycles. The van der Waals surface area contributed by atoms with Crippen molar-refractivity contribution < 1.29 is 9.59 Å². The standard InChI is InChI=1S/C17H16Cl2N2O2S/c1-10(17(23)21-16-9-12(18)3-8-15(16)19)24-14-6-4-13(5-7-14)20-11(2)22/h3-10H,1-2H3,(H,20,22)(H,21,23)/t10-/m1/s1. The molecule has 0 bridgehead atoms. The molecule has 0 fully saturated rings. The first-order valence-electron chi connectivity index (χ1n) is 7.15. The molecule has 2 N–H and O–H groups in total. The van der Waals surface area contributed by atoms with E-state index in [0.29, 0.717) is 15.7 Å². The number of anilines is 2. The second kappa shape index (κ2) is 8.42. The van der Waals surface area contributed by atoms with E-state index in [-0.39, 0.29) is 17.1 Å². The molecule has 2 rings (SSSR count). The number of thioether (sulfide) groups is 1. The van der Waals surface area contributed by atoms with Crippen LogP contribution in [0.4, 0.5) is 11.4 Å². The maximum atomic E-state index is 12.3. The van der Waals surface area contributed by atoms with Crippen molar-refractivity contribution in [1.29, 1.82) is 0 Å². The van der Waals surface area contributed by atoms with Crippen molar-refractivity contribution in [3.8, 4) is 0 Å². The molecule has 0 aliphatic rings. The highest BCUT2D eigenvalue weighted by Crippen LogP contribution is 2.28. The molecule has 126 valence electrons. The summed E-state index contributed by atoms with van der Waals surface area (Å²) in [5.74, 6) is -0.295. The summed E-state index contributed by atoms with van der Waals surface area (Å²) < 4.78 is 0. The van der Waals surface area contributed by atoms with Crippen molar-refractivity contribution >= 4 is 58.2 Å². The highest BCUT2D eigenvalue weighted by Gasteiger charge is 2.16. The fraction of sp³-hybridized carbons (Fsp3) is 0.176. The highest BCUT2D eigenvalue weighted by atomic mass is 35.5. The summed E-state index contributed by atoms with van der Waals surface area (Å²) in [5.41, 5.74) is 1.21. The molecule has 0 aromatic heterocycles. The van der Waals surface area contributed by atoms with Gasteiger partial charge in [-0.2, -0.15) is 0 Å². The SMILES string of the molecule is CC(=O)Nc1ccc(S[C@H](C)C(=O)Nc2cc(Cl)ccc2Cl)cc1. The summed E-state index contributed by atoms with van der Waals surface area (Å²) in [6, 6.07) is 12.2. The minimum atomic E-state index is -0.327. The Labute approximate surface area is 154 Å². The Morgan fingerprint density at radius 2 is 1.71 bits per heavy atom. The maximum absolute atomic E-state index is 12.3. The van der Waals surface area contributed by atoms with Gasteiger partial charge < -0.3 is 10.6 Å². The number of halogens is 2. The van der Waals surface area contributed by atoms with Gasteiger partial charge in [0.15, 0.2) is 0 Å². The molecular formula is C17H16Cl2N2O2S. The molecule has 7 heteroatoms. The van der Waals surface area contributed by atoms with E-state index in [2.05, 4.69) is 10.6 Å². The topological polar surface area (TPSA) is 58.2 Å². The normalized spacial score (nSPS) is 11.7. The Bertz CT molecular complexity index is 751. The lowest BCUT2D eigenvalue weighted by atomic mass is 10.3. The monoisotopic (exact) mass is 382 g/mol. The highest BCUT2D eigenvalue weighted by molar-refractivity contribution is 8.00. The number of rotatable bonds is 5. The summed E-state index contributed by atoms with van der Waals surface area (Å²) in [6.07, 6.45) is 0. The van der Waals surface area contributed by atoms with Crippen molar-refractivity contribution in [2.75, 3.05) is 10.6 Å². The van der Waals surface area contributed by atoms with Crippen LogP contribution >= 0.6 is 35.0 Å². The summed E-state index contributed by atoms with van der Waals surface area (Å²) in [4.78, 5) is 24.2. The van der Waals surface area contributed by atoms with Gasteiger partial charge in [-0.3, -0.25) is 9.59 Å². The molecule has 2 amide bonds. The van der Waals surface area contributed by atoms with Gasteiger partial charge >= 0.3 is 0 Å². The number of benzene rings is 2. The fourth-order valence-corrected chi connectivity index (χ4v) is 3.11.